The van der Waals surface area contributed by atoms with Gasteiger partial charge in [0.1, 0.15) is 17.2 Å². The van der Waals surface area contributed by atoms with Gasteiger partial charge in [-0.25, -0.2) is 9.37 Å². The molecule has 0 atom stereocenters. The topological polar surface area (TPSA) is 64.0 Å². The predicted molar refractivity (Wildman–Crippen MR) is 119 cm³/mol. The Morgan fingerprint density at radius 2 is 1.87 bits per heavy atom. The fraction of sp³-hybridized carbons (Fsp3) is 0.174. The number of fused-ring (bicyclic) bond motifs is 1. The van der Waals surface area contributed by atoms with E-state index in [9.17, 15) is 14.0 Å². The standard InChI is InChI=1S/C23H20FN3O2S/c1-13-4-9-18(14(2)10-13)26-19(28)11-27-12-25-22-21(23(27)29)20(15(3)30-22)16-5-7-17(24)8-6-16/h4-10,12H,11H2,1-3H3,(H,26,28). The lowest BCUT2D eigenvalue weighted by molar-refractivity contribution is -0.116. The van der Waals surface area contributed by atoms with Gasteiger partial charge in [-0.05, 0) is 50.1 Å². The molecule has 1 N–H and O–H groups in total. The van der Waals surface area contributed by atoms with Crippen LogP contribution in [0.1, 0.15) is 16.0 Å². The van der Waals surface area contributed by atoms with Gasteiger partial charge in [0, 0.05) is 16.1 Å². The summed E-state index contributed by atoms with van der Waals surface area (Å²) < 4.78 is 14.6. The number of halogens is 1. The average molecular weight is 421 g/mol. The lowest BCUT2D eigenvalue weighted by Gasteiger charge is -2.10. The summed E-state index contributed by atoms with van der Waals surface area (Å²) in [7, 11) is 0. The molecule has 0 saturated heterocycles. The molecule has 0 aliphatic carbocycles. The minimum absolute atomic E-state index is 0.146. The maximum Gasteiger partial charge on any atom is 0.263 e. The summed E-state index contributed by atoms with van der Waals surface area (Å²) in [6.07, 6.45) is 1.40. The minimum Gasteiger partial charge on any atom is -0.324 e. The van der Waals surface area contributed by atoms with E-state index in [0.717, 1.165) is 27.1 Å². The Labute approximate surface area is 176 Å². The average Bonchev–Trinajstić information content (AvgIpc) is 3.04. The number of hydrogen-bond acceptors (Lipinski definition) is 4. The van der Waals surface area contributed by atoms with Gasteiger partial charge in [0.25, 0.3) is 5.56 Å². The first-order chi connectivity index (χ1) is 14.3. The number of benzene rings is 2. The number of thiophene rings is 1. The van der Waals surface area contributed by atoms with Crippen molar-refractivity contribution in [2.45, 2.75) is 27.3 Å². The van der Waals surface area contributed by atoms with Crippen molar-refractivity contribution < 1.29 is 9.18 Å². The first-order valence-corrected chi connectivity index (χ1v) is 10.3. The maximum absolute atomic E-state index is 13.3. The Morgan fingerprint density at radius 3 is 2.57 bits per heavy atom. The van der Waals surface area contributed by atoms with Crippen LogP contribution < -0.4 is 10.9 Å². The number of anilines is 1. The van der Waals surface area contributed by atoms with Gasteiger partial charge in [-0.3, -0.25) is 14.2 Å². The molecule has 0 aliphatic heterocycles. The number of rotatable bonds is 4. The minimum atomic E-state index is -0.338. The molecule has 2 heterocycles. The summed E-state index contributed by atoms with van der Waals surface area (Å²) in [6.45, 7) is 5.67. The van der Waals surface area contributed by atoms with Crippen molar-refractivity contribution in [1.82, 2.24) is 9.55 Å². The molecule has 0 aliphatic rings. The number of nitrogens with one attached hydrogen (secondary N) is 1. The smallest absolute Gasteiger partial charge is 0.263 e. The molecule has 152 valence electrons. The number of aryl methyl sites for hydroxylation is 3. The Kier molecular flexibility index (Phi) is 5.22. The number of amides is 1. The molecule has 2 aromatic carbocycles. The van der Waals surface area contributed by atoms with E-state index in [0.29, 0.717) is 15.9 Å². The fourth-order valence-electron chi connectivity index (χ4n) is 3.51. The highest BCUT2D eigenvalue weighted by Crippen LogP contribution is 2.35. The SMILES string of the molecule is Cc1ccc(NC(=O)Cn2cnc3sc(C)c(-c4ccc(F)cc4)c3c2=O)c(C)c1. The molecule has 4 rings (SSSR count). The van der Waals surface area contributed by atoms with Gasteiger partial charge < -0.3 is 5.32 Å². The van der Waals surface area contributed by atoms with Crippen molar-refractivity contribution in [2.75, 3.05) is 5.32 Å². The second kappa shape index (κ2) is 7.84. The number of aromatic nitrogens is 2. The second-order valence-electron chi connectivity index (χ2n) is 7.26. The van der Waals surface area contributed by atoms with Gasteiger partial charge >= 0.3 is 0 Å². The number of carbonyl (C=O) groups excluding carboxylic acids is 1. The van der Waals surface area contributed by atoms with E-state index in [1.54, 1.807) is 12.1 Å². The van der Waals surface area contributed by atoms with Crippen LogP contribution in [0.5, 0.6) is 0 Å². The molecular formula is C23H20FN3O2S. The zero-order valence-corrected chi connectivity index (χ0v) is 17.6. The molecule has 4 aromatic rings. The van der Waals surface area contributed by atoms with E-state index in [2.05, 4.69) is 10.3 Å². The molecule has 0 bridgehead atoms. The number of carbonyl (C=O) groups is 1. The van der Waals surface area contributed by atoms with Crippen LogP contribution >= 0.6 is 11.3 Å². The van der Waals surface area contributed by atoms with Crippen LogP contribution in [0.15, 0.2) is 53.6 Å². The third-order valence-electron chi connectivity index (χ3n) is 4.96. The zero-order valence-electron chi connectivity index (χ0n) is 16.8. The third kappa shape index (κ3) is 3.76. The quantitative estimate of drug-likeness (QED) is 0.513. The molecule has 7 heteroatoms. The van der Waals surface area contributed by atoms with Crippen LogP contribution in [0.3, 0.4) is 0 Å². The van der Waals surface area contributed by atoms with Crippen molar-refractivity contribution >= 4 is 33.1 Å². The molecule has 1 amide bonds. The fourth-order valence-corrected chi connectivity index (χ4v) is 4.52. The monoisotopic (exact) mass is 421 g/mol. The van der Waals surface area contributed by atoms with Crippen LogP contribution in [0.2, 0.25) is 0 Å². The molecule has 30 heavy (non-hydrogen) atoms. The van der Waals surface area contributed by atoms with Crippen LogP contribution in [-0.4, -0.2) is 15.5 Å². The van der Waals surface area contributed by atoms with Crippen molar-refractivity contribution in [3.63, 3.8) is 0 Å². The van der Waals surface area contributed by atoms with Gasteiger partial charge in [0.2, 0.25) is 5.91 Å². The largest absolute Gasteiger partial charge is 0.324 e. The Morgan fingerprint density at radius 1 is 1.13 bits per heavy atom. The van der Waals surface area contributed by atoms with Crippen molar-refractivity contribution in [1.29, 1.82) is 0 Å². The van der Waals surface area contributed by atoms with E-state index < -0.39 is 0 Å². The van der Waals surface area contributed by atoms with Crippen molar-refractivity contribution in [2.24, 2.45) is 0 Å². The van der Waals surface area contributed by atoms with Gasteiger partial charge in [0.15, 0.2) is 0 Å². The van der Waals surface area contributed by atoms with Crippen LogP contribution in [0.25, 0.3) is 21.3 Å². The summed E-state index contributed by atoms with van der Waals surface area (Å²) in [5.41, 5.74) is 3.97. The van der Waals surface area contributed by atoms with Crippen LogP contribution in [0, 0.1) is 26.6 Å². The predicted octanol–water partition coefficient (Wildman–Crippen LogP) is 4.83. The Balaban J connectivity index is 1.69. The lowest BCUT2D eigenvalue weighted by atomic mass is 10.0. The van der Waals surface area contributed by atoms with Gasteiger partial charge in [-0.2, -0.15) is 0 Å². The Hall–Kier alpha value is -3.32. The maximum atomic E-state index is 13.3. The highest BCUT2D eigenvalue weighted by molar-refractivity contribution is 7.19. The van der Waals surface area contributed by atoms with E-state index in [1.807, 2.05) is 39.0 Å². The molecule has 0 unspecified atom stereocenters. The number of hydrogen-bond donors (Lipinski definition) is 1. The van der Waals surface area contributed by atoms with Crippen molar-refractivity contribution in [3.8, 4) is 11.1 Å². The van der Waals surface area contributed by atoms with E-state index in [-0.39, 0.29) is 23.8 Å². The molecule has 5 nitrogen and oxygen atoms in total. The molecule has 0 saturated carbocycles. The highest BCUT2D eigenvalue weighted by atomic mass is 32.1. The zero-order chi connectivity index (χ0) is 21.4. The summed E-state index contributed by atoms with van der Waals surface area (Å²) >= 11 is 1.41. The van der Waals surface area contributed by atoms with Crippen LogP contribution in [0.4, 0.5) is 10.1 Å². The number of nitrogens with zero attached hydrogens (tertiary/aromatic N) is 2. The summed E-state index contributed by atoms with van der Waals surface area (Å²) in [4.78, 5) is 31.6. The highest BCUT2D eigenvalue weighted by Gasteiger charge is 2.18. The summed E-state index contributed by atoms with van der Waals surface area (Å²) in [6, 6.07) is 11.8. The molecular weight excluding hydrogens is 401 g/mol. The normalized spacial score (nSPS) is 11.1. The lowest BCUT2D eigenvalue weighted by Crippen LogP contribution is -2.28. The molecule has 2 aromatic heterocycles. The first kappa shape index (κ1) is 20.0. The molecule has 0 fully saturated rings. The van der Waals surface area contributed by atoms with Gasteiger partial charge in [0.05, 0.1) is 11.7 Å². The van der Waals surface area contributed by atoms with Gasteiger partial charge in [-0.15, -0.1) is 11.3 Å². The molecule has 0 radical (unpaired) electrons. The van der Waals surface area contributed by atoms with E-state index >= 15 is 0 Å². The van der Waals surface area contributed by atoms with E-state index in [1.165, 1.54) is 34.4 Å². The van der Waals surface area contributed by atoms with Crippen LogP contribution in [-0.2, 0) is 11.3 Å². The van der Waals surface area contributed by atoms with Gasteiger partial charge in [-0.1, -0.05) is 29.8 Å². The third-order valence-corrected chi connectivity index (χ3v) is 5.97. The van der Waals surface area contributed by atoms with Crippen molar-refractivity contribution in [3.05, 3.63) is 81.0 Å². The summed E-state index contributed by atoms with van der Waals surface area (Å²) in [5.74, 6) is -0.643. The van der Waals surface area contributed by atoms with E-state index in [4.69, 9.17) is 0 Å². The Bertz CT molecular complexity index is 1320. The summed E-state index contributed by atoms with van der Waals surface area (Å²) in [5, 5.41) is 3.30. The second-order valence-corrected chi connectivity index (χ2v) is 8.47. The first-order valence-electron chi connectivity index (χ1n) is 9.45. The molecule has 0 spiro atoms.